The van der Waals surface area contributed by atoms with E-state index < -0.39 is 6.10 Å². The molecule has 0 spiro atoms. The van der Waals surface area contributed by atoms with Gasteiger partial charge in [0.2, 0.25) is 0 Å². The van der Waals surface area contributed by atoms with E-state index in [1.807, 2.05) is 18.2 Å². The number of aliphatic hydroxyl groups is 1. The second-order valence-electron chi connectivity index (χ2n) is 6.84. The fraction of sp³-hybridized carbons (Fsp3) is 0.368. The van der Waals surface area contributed by atoms with Crippen LogP contribution in [0, 0.1) is 0 Å². The van der Waals surface area contributed by atoms with Gasteiger partial charge in [-0.3, -0.25) is 4.90 Å². The van der Waals surface area contributed by atoms with Crippen LogP contribution in [0.4, 0.5) is 0 Å². The highest BCUT2D eigenvalue weighted by molar-refractivity contribution is 5.37. The fourth-order valence-electron chi connectivity index (χ4n) is 2.50. The van der Waals surface area contributed by atoms with Crippen LogP contribution in [0.25, 0.3) is 0 Å². The van der Waals surface area contributed by atoms with E-state index in [0.717, 1.165) is 0 Å². The molecule has 0 aliphatic carbocycles. The first kappa shape index (κ1) is 17.3. The molecule has 0 aromatic heterocycles. The molecule has 3 N–H and O–H groups in total. The molecule has 1 unspecified atom stereocenters. The molecule has 0 aliphatic rings. The minimum atomic E-state index is -0.795. The largest absolute Gasteiger partial charge is 0.508 e. The van der Waals surface area contributed by atoms with Gasteiger partial charge in [0, 0.05) is 24.7 Å². The van der Waals surface area contributed by atoms with E-state index in [-0.39, 0.29) is 17.0 Å². The van der Waals surface area contributed by atoms with E-state index >= 15 is 0 Å². The molecule has 2 aromatic rings. The number of rotatable bonds is 5. The molecule has 1 atom stereocenters. The quantitative estimate of drug-likeness (QED) is 0.791. The zero-order valence-corrected chi connectivity index (χ0v) is 13.9. The van der Waals surface area contributed by atoms with Crippen molar-refractivity contribution in [2.45, 2.75) is 39.0 Å². The van der Waals surface area contributed by atoms with Crippen molar-refractivity contribution < 1.29 is 15.3 Å². The lowest BCUT2D eigenvalue weighted by Gasteiger charge is -2.37. The molecule has 2 aromatic carbocycles. The summed E-state index contributed by atoms with van der Waals surface area (Å²) in [6.07, 6.45) is -0.795. The molecule has 2 rings (SSSR count). The standard InChI is InChI=1S/C19H25NO3/c1-19(2,3)20(12-14-7-5-4-6-8-14)13-18(23)15-9-16(21)11-17(22)10-15/h4-11,18,21-23H,12-13H2,1-3H3. The predicted molar refractivity (Wildman–Crippen MR) is 91.3 cm³/mol. The number of aliphatic hydroxyl groups excluding tert-OH is 1. The molecule has 0 fully saturated rings. The van der Waals surface area contributed by atoms with Crippen LogP contribution in [0.2, 0.25) is 0 Å². The van der Waals surface area contributed by atoms with Crippen LogP contribution in [-0.2, 0) is 6.54 Å². The molecule has 4 nitrogen and oxygen atoms in total. The van der Waals surface area contributed by atoms with Crippen molar-refractivity contribution in [2.24, 2.45) is 0 Å². The fourth-order valence-corrected chi connectivity index (χ4v) is 2.50. The summed E-state index contributed by atoms with van der Waals surface area (Å²) in [5.41, 5.74) is 1.55. The van der Waals surface area contributed by atoms with Crippen molar-refractivity contribution in [3.8, 4) is 11.5 Å². The highest BCUT2D eigenvalue weighted by Gasteiger charge is 2.25. The Bertz CT molecular complexity index is 615. The van der Waals surface area contributed by atoms with Gasteiger partial charge < -0.3 is 15.3 Å². The maximum Gasteiger partial charge on any atom is 0.119 e. The topological polar surface area (TPSA) is 63.9 Å². The van der Waals surface area contributed by atoms with Gasteiger partial charge in [-0.25, -0.2) is 0 Å². The number of nitrogens with zero attached hydrogens (tertiary/aromatic N) is 1. The van der Waals surface area contributed by atoms with Crippen LogP contribution in [0.1, 0.15) is 38.0 Å². The molecule has 0 heterocycles. The number of aromatic hydroxyl groups is 2. The van der Waals surface area contributed by atoms with Crippen LogP contribution in [0.3, 0.4) is 0 Å². The monoisotopic (exact) mass is 315 g/mol. The highest BCUT2D eigenvalue weighted by Crippen LogP contribution is 2.27. The van der Waals surface area contributed by atoms with Crippen LogP contribution in [0.15, 0.2) is 48.5 Å². The number of benzene rings is 2. The Balaban J connectivity index is 2.17. The maximum atomic E-state index is 10.5. The molecular formula is C19H25NO3. The van der Waals surface area contributed by atoms with Crippen molar-refractivity contribution in [1.82, 2.24) is 4.90 Å². The minimum absolute atomic E-state index is 0.0515. The number of phenols is 2. The first-order valence-corrected chi connectivity index (χ1v) is 7.75. The third-order valence-corrected chi connectivity index (χ3v) is 3.87. The van der Waals surface area contributed by atoms with Gasteiger partial charge in [-0.15, -0.1) is 0 Å². The van der Waals surface area contributed by atoms with Gasteiger partial charge in [0.15, 0.2) is 0 Å². The van der Waals surface area contributed by atoms with Crippen LogP contribution in [-0.4, -0.2) is 32.3 Å². The SMILES string of the molecule is CC(C)(C)N(Cc1ccccc1)CC(O)c1cc(O)cc(O)c1. The molecule has 0 bridgehead atoms. The van der Waals surface area contributed by atoms with Crippen molar-refractivity contribution in [1.29, 1.82) is 0 Å². The number of β-amino-alcohol motifs (C(OH)–C–C–N with tert-alkyl or cyclic N) is 1. The summed E-state index contributed by atoms with van der Waals surface area (Å²) in [6.45, 7) is 7.42. The second-order valence-corrected chi connectivity index (χ2v) is 6.84. The molecule has 0 saturated carbocycles. The van der Waals surface area contributed by atoms with Crippen LogP contribution >= 0.6 is 0 Å². The van der Waals surface area contributed by atoms with Gasteiger partial charge >= 0.3 is 0 Å². The van der Waals surface area contributed by atoms with E-state index in [1.54, 1.807) is 0 Å². The third-order valence-electron chi connectivity index (χ3n) is 3.87. The lowest BCUT2D eigenvalue weighted by atomic mass is 10.0. The predicted octanol–water partition coefficient (Wildman–Crippen LogP) is 3.43. The van der Waals surface area contributed by atoms with Crippen molar-refractivity contribution in [3.63, 3.8) is 0 Å². The number of hydrogen-bond donors (Lipinski definition) is 3. The average molecular weight is 315 g/mol. The summed E-state index contributed by atoms with van der Waals surface area (Å²) in [6, 6.07) is 14.3. The summed E-state index contributed by atoms with van der Waals surface area (Å²) in [5.74, 6) is -0.103. The van der Waals surface area contributed by atoms with E-state index in [0.29, 0.717) is 18.7 Å². The summed E-state index contributed by atoms with van der Waals surface area (Å²) in [7, 11) is 0. The Hall–Kier alpha value is -2.04. The first-order valence-electron chi connectivity index (χ1n) is 7.75. The normalized spacial score (nSPS) is 13.3. The summed E-state index contributed by atoms with van der Waals surface area (Å²) < 4.78 is 0. The van der Waals surface area contributed by atoms with E-state index in [1.165, 1.54) is 23.8 Å². The van der Waals surface area contributed by atoms with Crippen LogP contribution < -0.4 is 0 Å². The molecular weight excluding hydrogens is 290 g/mol. The average Bonchev–Trinajstić information content (AvgIpc) is 2.45. The highest BCUT2D eigenvalue weighted by atomic mass is 16.3. The van der Waals surface area contributed by atoms with Gasteiger partial charge in [0.1, 0.15) is 11.5 Å². The van der Waals surface area contributed by atoms with E-state index in [4.69, 9.17) is 0 Å². The van der Waals surface area contributed by atoms with Gasteiger partial charge in [-0.1, -0.05) is 30.3 Å². The van der Waals surface area contributed by atoms with Gasteiger partial charge in [0.05, 0.1) is 6.10 Å². The Labute approximate surface area is 137 Å². The summed E-state index contributed by atoms with van der Waals surface area (Å²) in [4.78, 5) is 2.17. The molecule has 0 radical (unpaired) electrons. The second kappa shape index (κ2) is 7.02. The summed E-state index contributed by atoms with van der Waals surface area (Å²) in [5, 5.41) is 29.7. The van der Waals surface area contributed by atoms with Gasteiger partial charge in [-0.05, 0) is 44.0 Å². The van der Waals surface area contributed by atoms with E-state index in [2.05, 4.69) is 37.8 Å². The number of hydrogen-bond acceptors (Lipinski definition) is 4. The van der Waals surface area contributed by atoms with Crippen LogP contribution in [0.5, 0.6) is 11.5 Å². The Morgan fingerprint density at radius 2 is 1.52 bits per heavy atom. The minimum Gasteiger partial charge on any atom is -0.508 e. The van der Waals surface area contributed by atoms with E-state index in [9.17, 15) is 15.3 Å². The van der Waals surface area contributed by atoms with Crippen molar-refractivity contribution in [2.75, 3.05) is 6.54 Å². The smallest absolute Gasteiger partial charge is 0.119 e. The summed E-state index contributed by atoms with van der Waals surface area (Å²) >= 11 is 0. The zero-order chi connectivity index (χ0) is 17.0. The molecule has 4 heteroatoms. The Morgan fingerprint density at radius 1 is 0.957 bits per heavy atom. The van der Waals surface area contributed by atoms with Crippen molar-refractivity contribution in [3.05, 3.63) is 59.7 Å². The molecule has 124 valence electrons. The molecule has 0 saturated heterocycles. The van der Waals surface area contributed by atoms with Gasteiger partial charge in [0.25, 0.3) is 0 Å². The molecule has 0 aliphatic heterocycles. The van der Waals surface area contributed by atoms with Crippen molar-refractivity contribution >= 4 is 0 Å². The molecule has 0 amide bonds. The Kier molecular flexibility index (Phi) is 5.29. The van der Waals surface area contributed by atoms with Gasteiger partial charge in [-0.2, -0.15) is 0 Å². The number of phenolic OH excluding ortho intramolecular Hbond substituents is 2. The third kappa shape index (κ3) is 4.98. The Morgan fingerprint density at radius 3 is 2.04 bits per heavy atom. The zero-order valence-electron chi connectivity index (χ0n) is 13.9. The first-order chi connectivity index (χ1) is 10.8. The molecule has 23 heavy (non-hydrogen) atoms. The lowest BCUT2D eigenvalue weighted by molar-refractivity contribution is 0.0521. The lowest BCUT2D eigenvalue weighted by Crippen LogP contribution is -2.43. The maximum absolute atomic E-state index is 10.5.